The third-order valence-electron chi connectivity index (χ3n) is 6.56. The van der Waals surface area contributed by atoms with Gasteiger partial charge in [0.05, 0.1) is 31.2 Å². The second-order valence-corrected chi connectivity index (χ2v) is 8.57. The van der Waals surface area contributed by atoms with Crippen molar-refractivity contribution in [1.82, 2.24) is 9.80 Å². The molecule has 6 nitrogen and oxygen atoms in total. The van der Waals surface area contributed by atoms with Gasteiger partial charge in [-0.2, -0.15) is 0 Å². The summed E-state index contributed by atoms with van der Waals surface area (Å²) in [4.78, 5) is 29.2. The summed E-state index contributed by atoms with van der Waals surface area (Å²) in [7, 11) is 0. The molecule has 1 spiro atoms. The maximum absolute atomic E-state index is 12.7. The molecule has 6 heteroatoms. The van der Waals surface area contributed by atoms with E-state index in [1.165, 1.54) is 5.56 Å². The smallest absolute Gasteiger partial charge is 0.228 e. The molecule has 1 atom stereocenters. The Balaban J connectivity index is 1.31. The number of benzene rings is 1. The first-order valence-corrected chi connectivity index (χ1v) is 11.0. The summed E-state index contributed by atoms with van der Waals surface area (Å²) >= 11 is 0. The number of piperidine rings is 1. The van der Waals surface area contributed by atoms with Gasteiger partial charge >= 0.3 is 0 Å². The highest BCUT2D eigenvalue weighted by atomic mass is 16.5. The van der Waals surface area contributed by atoms with Crippen LogP contribution in [0.15, 0.2) is 30.3 Å². The summed E-state index contributed by atoms with van der Waals surface area (Å²) in [6.07, 6.45) is 4.82. The Morgan fingerprint density at radius 2 is 1.93 bits per heavy atom. The van der Waals surface area contributed by atoms with Crippen molar-refractivity contribution in [1.29, 1.82) is 0 Å². The maximum atomic E-state index is 12.7. The Labute approximate surface area is 173 Å². The Morgan fingerprint density at radius 1 is 1.14 bits per heavy atom. The van der Waals surface area contributed by atoms with Crippen LogP contribution in [0, 0.1) is 5.92 Å². The minimum Gasteiger partial charge on any atom is -0.381 e. The van der Waals surface area contributed by atoms with Crippen molar-refractivity contribution in [3.05, 3.63) is 35.9 Å². The largest absolute Gasteiger partial charge is 0.381 e. The van der Waals surface area contributed by atoms with Crippen LogP contribution in [0.25, 0.3) is 0 Å². The number of ether oxygens (including phenoxy) is 2. The van der Waals surface area contributed by atoms with Gasteiger partial charge < -0.3 is 19.3 Å². The Hall–Kier alpha value is -1.92. The van der Waals surface area contributed by atoms with Crippen LogP contribution in [0.2, 0.25) is 0 Å². The monoisotopic (exact) mass is 400 g/mol. The first kappa shape index (κ1) is 20.4. The zero-order valence-corrected chi connectivity index (χ0v) is 17.2. The fourth-order valence-electron chi connectivity index (χ4n) is 4.74. The number of rotatable bonds is 5. The van der Waals surface area contributed by atoms with Crippen molar-refractivity contribution >= 4 is 11.8 Å². The van der Waals surface area contributed by atoms with Crippen LogP contribution in [-0.4, -0.2) is 73.2 Å². The number of carbonyl (C=O) groups excluding carboxylic acids is 2. The van der Waals surface area contributed by atoms with E-state index < -0.39 is 0 Å². The quantitative estimate of drug-likeness (QED) is 0.761. The predicted molar refractivity (Wildman–Crippen MR) is 109 cm³/mol. The molecule has 0 aliphatic carbocycles. The van der Waals surface area contributed by atoms with Gasteiger partial charge in [-0.05, 0) is 37.7 Å². The molecule has 158 valence electrons. The lowest BCUT2D eigenvalue weighted by Crippen LogP contribution is -2.54. The molecule has 1 aromatic rings. The van der Waals surface area contributed by atoms with Gasteiger partial charge in [-0.3, -0.25) is 9.59 Å². The average molecular weight is 401 g/mol. The Bertz CT molecular complexity index is 694. The molecule has 3 aliphatic heterocycles. The third kappa shape index (κ3) is 4.98. The van der Waals surface area contributed by atoms with Crippen LogP contribution in [0.4, 0.5) is 0 Å². The fraction of sp³-hybridized carbons (Fsp3) is 0.652. The molecule has 1 aromatic carbocycles. The lowest BCUT2D eigenvalue weighted by molar-refractivity contribution is -0.143. The molecule has 0 radical (unpaired) electrons. The highest BCUT2D eigenvalue weighted by molar-refractivity contribution is 5.79. The standard InChI is InChI=1S/C23H32N2O4/c26-21-9-16-29-23(18-25(21)12-4-7-19-5-2-1-3-6-19)10-13-24(14-11-23)22(27)20-8-15-28-17-20/h1-3,5-6,20H,4,7-18H2. The van der Waals surface area contributed by atoms with Gasteiger partial charge in [0.25, 0.3) is 0 Å². The molecular weight excluding hydrogens is 368 g/mol. The Morgan fingerprint density at radius 3 is 2.66 bits per heavy atom. The lowest BCUT2D eigenvalue weighted by Gasteiger charge is -2.43. The van der Waals surface area contributed by atoms with Crippen LogP contribution in [0.1, 0.15) is 37.7 Å². The fourth-order valence-corrected chi connectivity index (χ4v) is 4.74. The van der Waals surface area contributed by atoms with E-state index in [9.17, 15) is 9.59 Å². The summed E-state index contributed by atoms with van der Waals surface area (Å²) < 4.78 is 11.6. The SMILES string of the molecule is O=C1CCOC2(CCN(C(=O)C3CCOC3)CC2)CN1CCCc1ccccc1. The van der Waals surface area contributed by atoms with Gasteiger partial charge in [0.1, 0.15) is 0 Å². The van der Waals surface area contributed by atoms with Crippen molar-refractivity contribution in [3.63, 3.8) is 0 Å². The van der Waals surface area contributed by atoms with Crippen molar-refractivity contribution < 1.29 is 19.1 Å². The summed E-state index contributed by atoms with van der Waals surface area (Å²) in [5.41, 5.74) is 1.01. The zero-order chi connectivity index (χ0) is 20.1. The summed E-state index contributed by atoms with van der Waals surface area (Å²) in [5.74, 6) is 0.438. The predicted octanol–water partition coefficient (Wildman–Crippen LogP) is 2.27. The number of aryl methyl sites for hydroxylation is 1. The molecule has 3 fully saturated rings. The van der Waals surface area contributed by atoms with E-state index in [4.69, 9.17) is 9.47 Å². The molecule has 2 amide bonds. The van der Waals surface area contributed by atoms with Gasteiger partial charge in [-0.25, -0.2) is 0 Å². The molecule has 4 rings (SSSR count). The summed E-state index contributed by atoms with van der Waals surface area (Å²) in [6, 6.07) is 10.4. The first-order chi connectivity index (χ1) is 14.2. The number of carbonyl (C=O) groups is 2. The average Bonchev–Trinajstić information content (AvgIpc) is 3.24. The molecule has 0 bridgehead atoms. The van der Waals surface area contributed by atoms with Crippen molar-refractivity contribution in [2.75, 3.05) is 46.0 Å². The minimum absolute atomic E-state index is 0.0233. The Kier molecular flexibility index (Phi) is 6.50. The number of amides is 2. The molecule has 3 saturated heterocycles. The van der Waals surface area contributed by atoms with E-state index in [1.54, 1.807) is 0 Å². The van der Waals surface area contributed by atoms with Gasteiger partial charge in [0.15, 0.2) is 0 Å². The maximum Gasteiger partial charge on any atom is 0.228 e. The van der Waals surface area contributed by atoms with Crippen LogP contribution >= 0.6 is 0 Å². The molecule has 0 N–H and O–H groups in total. The molecule has 3 aliphatic rings. The normalized spacial score (nSPS) is 24.7. The topological polar surface area (TPSA) is 59.1 Å². The number of hydrogen-bond donors (Lipinski definition) is 0. The van der Waals surface area contributed by atoms with E-state index in [1.807, 2.05) is 15.9 Å². The summed E-state index contributed by atoms with van der Waals surface area (Å²) in [5, 5.41) is 0. The van der Waals surface area contributed by atoms with Crippen molar-refractivity contribution in [3.8, 4) is 0 Å². The molecule has 0 aromatic heterocycles. The third-order valence-corrected chi connectivity index (χ3v) is 6.56. The number of nitrogens with zero attached hydrogens (tertiary/aromatic N) is 2. The molecular formula is C23H32N2O4. The number of hydrogen-bond acceptors (Lipinski definition) is 4. The van der Waals surface area contributed by atoms with Gasteiger partial charge in [-0.1, -0.05) is 30.3 Å². The van der Waals surface area contributed by atoms with E-state index in [2.05, 4.69) is 24.3 Å². The van der Waals surface area contributed by atoms with Crippen LogP contribution in [0.3, 0.4) is 0 Å². The van der Waals surface area contributed by atoms with Crippen LogP contribution < -0.4 is 0 Å². The van der Waals surface area contributed by atoms with E-state index in [-0.39, 0.29) is 23.3 Å². The van der Waals surface area contributed by atoms with E-state index in [0.717, 1.165) is 38.6 Å². The molecule has 3 heterocycles. The van der Waals surface area contributed by atoms with Crippen LogP contribution in [0.5, 0.6) is 0 Å². The van der Waals surface area contributed by atoms with Gasteiger partial charge in [-0.15, -0.1) is 0 Å². The van der Waals surface area contributed by atoms with Crippen molar-refractivity contribution in [2.24, 2.45) is 5.92 Å². The van der Waals surface area contributed by atoms with Crippen LogP contribution in [-0.2, 0) is 25.5 Å². The zero-order valence-electron chi connectivity index (χ0n) is 17.2. The minimum atomic E-state index is -0.304. The van der Waals surface area contributed by atoms with Gasteiger partial charge in [0.2, 0.25) is 11.8 Å². The first-order valence-electron chi connectivity index (χ1n) is 11.0. The van der Waals surface area contributed by atoms with Crippen molar-refractivity contribution in [2.45, 2.75) is 44.1 Å². The molecule has 1 unspecified atom stereocenters. The second-order valence-electron chi connectivity index (χ2n) is 8.57. The molecule has 0 saturated carbocycles. The second kappa shape index (κ2) is 9.26. The highest BCUT2D eigenvalue weighted by Crippen LogP contribution is 2.31. The van der Waals surface area contributed by atoms with E-state index in [0.29, 0.717) is 45.9 Å². The molecule has 29 heavy (non-hydrogen) atoms. The highest BCUT2D eigenvalue weighted by Gasteiger charge is 2.42. The van der Waals surface area contributed by atoms with E-state index >= 15 is 0 Å². The van der Waals surface area contributed by atoms with Gasteiger partial charge in [0, 0.05) is 32.8 Å². The number of likely N-dealkylation sites (tertiary alicyclic amines) is 1. The lowest BCUT2D eigenvalue weighted by atomic mass is 9.89. The summed E-state index contributed by atoms with van der Waals surface area (Å²) in [6.45, 7) is 4.56.